The molecule has 1 unspecified atom stereocenters. The summed E-state index contributed by atoms with van der Waals surface area (Å²) in [5, 5.41) is 7.77. The fourth-order valence-corrected chi connectivity index (χ4v) is 3.10. The van der Waals surface area contributed by atoms with Gasteiger partial charge in [-0.15, -0.1) is 0 Å². The zero-order valence-corrected chi connectivity index (χ0v) is 13.5. The fraction of sp³-hybridized carbons (Fsp3) is 0.467. The normalized spacial score (nSPS) is 18.1. The maximum atomic E-state index is 12.9. The van der Waals surface area contributed by atoms with E-state index in [4.69, 9.17) is 11.6 Å². The number of halogens is 3. The molecular weight excluding hydrogens is 324 g/mol. The summed E-state index contributed by atoms with van der Waals surface area (Å²) in [6.45, 7) is 1.96. The molecule has 2 aromatic heterocycles. The molecule has 0 amide bonds. The van der Waals surface area contributed by atoms with Crippen LogP contribution in [0.4, 0.5) is 14.6 Å². The smallest absolute Gasteiger partial charge is 0.282 e. The van der Waals surface area contributed by atoms with Gasteiger partial charge in [0.15, 0.2) is 0 Å². The fourth-order valence-electron chi connectivity index (χ4n) is 2.86. The lowest BCUT2D eigenvalue weighted by Crippen LogP contribution is -2.32. The Morgan fingerprint density at radius 1 is 1.48 bits per heavy atom. The number of hydrogen-bond acceptors (Lipinski definition) is 4. The Morgan fingerprint density at radius 2 is 2.30 bits per heavy atom. The summed E-state index contributed by atoms with van der Waals surface area (Å²) in [7, 11) is 1.65. The van der Waals surface area contributed by atoms with Crippen LogP contribution in [0.5, 0.6) is 0 Å². The van der Waals surface area contributed by atoms with Gasteiger partial charge in [-0.2, -0.15) is 5.10 Å². The highest BCUT2D eigenvalue weighted by Crippen LogP contribution is 2.26. The molecule has 0 saturated carbocycles. The van der Waals surface area contributed by atoms with E-state index in [0.29, 0.717) is 17.1 Å². The second-order valence-corrected chi connectivity index (χ2v) is 6.04. The molecule has 0 bridgehead atoms. The lowest BCUT2D eigenvalue weighted by atomic mass is 10.2. The molecule has 1 aliphatic heterocycles. The van der Waals surface area contributed by atoms with Crippen LogP contribution in [0.15, 0.2) is 24.5 Å². The largest absolute Gasteiger partial charge is 0.354 e. The molecule has 0 aliphatic carbocycles. The van der Waals surface area contributed by atoms with E-state index in [1.165, 1.54) is 4.68 Å². The van der Waals surface area contributed by atoms with Crippen LogP contribution in [-0.4, -0.2) is 33.9 Å². The van der Waals surface area contributed by atoms with E-state index < -0.39 is 6.43 Å². The van der Waals surface area contributed by atoms with Gasteiger partial charge < -0.3 is 10.2 Å². The average Bonchev–Trinajstić information content (AvgIpc) is 3.12. The molecule has 1 aliphatic rings. The second kappa shape index (κ2) is 6.80. The molecular formula is C15H18ClF2N5. The molecule has 1 atom stereocenters. The van der Waals surface area contributed by atoms with Crippen molar-refractivity contribution >= 4 is 17.4 Å². The van der Waals surface area contributed by atoms with Crippen molar-refractivity contribution < 1.29 is 8.78 Å². The van der Waals surface area contributed by atoms with Crippen molar-refractivity contribution in [3.63, 3.8) is 0 Å². The Balaban J connectivity index is 1.60. The minimum Gasteiger partial charge on any atom is -0.354 e. The minimum atomic E-state index is -2.56. The standard InChI is InChI=1S/C15H18ClF2N5/c1-22-8-10(13(21-22)14(17)18)7-20-11-4-6-23(9-11)15-12(16)3-2-5-19-15/h2-3,5,8,11,14,20H,4,6-7,9H2,1H3. The third-order valence-electron chi connectivity index (χ3n) is 3.95. The van der Waals surface area contributed by atoms with Crippen LogP contribution < -0.4 is 10.2 Å². The van der Waals surface area contributed by atoms with Crippen LogP contribution in [0, 0.1) is 0 Å². The van der Waals surface area contributed by atoms with Crippen LogP contribution in [-0.2, 0) is 13.6 Å². The van der Waals surface area contributed by atoms with Gasteiger partial charge in [-0.3, -0.25) is 4.68 Å². The lowest BCUT2D eigenvalue weighted by Gasteiger charge is -2.19. The van der Waals surface area contributed by atoms with Crippen LogP contribution in [0.3, 0.4) is 0 Å². The van der Waals surface area contributed by atoms with Gasteiger partial charge >= 0.3 is 0 Å². The Morgan fingerprint density at radius 3 is 3.04 bits per heavy atom. The van der Waals surface area contributed by atoms with Gasteiger partial charge in [0.25, 0.3) is 6.43 Å². The van der Waals surface area contributed by atoms with Crippen molar-refractivity contribution in [2.45, 2.75) is 25.4 Å². The molecule has 23 heavy (non-hydrogen) atoms. The summed E-state index contributed by atoms with van der Waals surface area (Å²) in [4.78, 5) is 6.42. The molecule has 3 rings (SSSR count). The van der Waals surface area contributed by atoms with E-state index in [-0.39, 0.29) is 11.7 Å². The van der Waals surface area contributed by atoms with Crippen LogP contribution >= 0.6 is 11.6 Å². The third-order valence-corrected chi connectivity index (χ3v) is 4.25. The number of anilines is 1. The van der Waals surface area contributed by atoms with Crippen molar-refractivity contribution in [2.24, 2.45) is 7.05 Å². The second-order valence-electron chi connectivity index (χ2n) is 5.64. The Bertz CT molecular complexity index is 676. The first kappa shape index (κ1) is 16.1. The van der Waals surface area contributed by atoms with Crippen molar-refractivity contribution in [2.75, 3.05) is 18.0 Å². The van der Waals surface area contributed by atoms with Crippen LogP contribution in [0.2, 0.25) is 5.02 Å². The quantitative estimate of drug-likeness (QED) is 0.908. The monoisotopic (exact) mass is 341 g/mol. The summed E-state index contributed by atoms with van der Waals surface area (Å²) in [6, 6.07) is 3.82. The van der Waals surface area contributed by atoms with Gasteiger partial charge in [-0.1, -0.05) is 11.6 Å². The van der Waals surface area contributed by atoms with Gasteiger partial charge in [0.2, 0.25) is 0 Å². The molecule has 3 heterocycles. The molecule has 0 aromatic carbocycles. The minimum absolute atomic E-state index is 0.150. The highest BCUT2D eigenvalue weighted by Gasteiger charge is 2.25. The molecule has 0 spiro atoms. The van der Waals surface area contributed by atoms with Gasteiger partial charge in [0.05, 0.1) is 5.02 Å². The highest BCUT2D eigenvalue weighted by molar-refractivity contribution is 6.32. The number of pyridine rings is 1. The van der Waals surface area contributed by atoms with Crippen LogP contribution in [0.1, 0.15) is 24.1 Å². The van der Waals surface area contributed by atoms with Gasteiger partial charge in [-0.05, 0) is 18.6 Å². The lowest BCUT2D eigenvalue weighted by molar-refractivity contribution is 0.144. The zero-order valence-electron chi connectivity index (χ0n) is 12.7. The number of alkyl halides is 2. The molecule has 2 aromatic rings. The molecule has 0 radical (unpaired) electrons. The highest BCUT2D eigenvalue weighted by atomic mass is 35.5. The van der Waals surface area contributed by atoms with E-state index in [2.05, 4.69) is 20.3 Å². The number of aryl methyl sites for hydroxylation is 1. The molecule has 124 valence electrons. The van der Waals surface area contributed by atoms with Gasteiger partial charge in [0, 0.05) is 50.7 Å². The Labute approximate surface area is 138 Å². The Kier molecular flexibility index (Phi) is 4.77. The number of hydrogen-bond donors (Lipinski definition) is 1. The first-order valence-electron chi connectivity index (χ1n) is 7.44. The van der Waals surface area contributed by atoms with Crippen LogP contribution in [0.25, 0.3) is 0 Å². The van der Waals surface area contributed by atoms with Gasteiger partial charge in [0.1, 0.15) is 11.5 Å². The first-order chi connectivity index (χ1) is 11.0. The molecule has 1 fully saturated rings. The number of nitrogens with one attached hydrogen (secondary N) is 1. The third kappa shape index (κ3) is 3.61. The van der Waals surface area contributed by atoms with E-state index in [0.717, 1.165) is 25.3 Å². The predicted octanol–water partition coefficient (Wildman–Crippen LogP) is 2.77. The van der Waals surface area contributed by atoms with E-state index in [1.807, 2.05) is 6.07 Å². The summed E-state index contributed by atoms with van der Waals surface area (Å²) in [5.74, 6) is 0.771. The zero-order chi connectivity index (χ0) is 16.4. The van der Waals surface area contributed by atoms with E-state index >= 15 is 0 Å². The van der Waals surface area contributed by atoms with Crippen molar-refractivity contribution in [3.05, 3.63) is 40.8 Å². The maximum Gasteiger partial charge on any atom is 0.282 e. The average molecular weight is 342 g/mol. The first-order valence-corrected chi connectivity index (χ1v) is 7.82. The van der Waals surface area contributed by atoms with Crippen molar-refractivity contribution in [3.8, 4) is 0 Å². The molecule has 1 N–H and O–H groups in total. The van der Waals surface area contributed by atoms with Gasteiger partial charge in [-0.25, -0.2) is 13.8 Å². The molecule has 5 nitrogen and oxygen atoms in total. The van der Waals surface area contributed by atoms with Crippen molar-refractivity contribution in [1.82, 2.24) is 20.1 Å². The summed E-state index contributed by atoms with van der Waals surface area (Å²) in [6.07, 6.45) is 1.71. The van der Waals surface area contributed by atoms with E-state index in [9.17, 15) is 8.78 Å². The van der Waals surface area contributed by atoms with Crippen molar-refractivity contribution in [1.29, 1.82) is 0 Å². The predicted molar refractivity (Wildman–Crippen MR) is 84.9 cm³/mol. The Hall–Kier alpha value is -1.73. The number of rotatable bonds is 5. The summed E-state index contributed by atoms with van der Waals surface area (Å²) in [5.41, 5.74) is 0.388. The van der Waals surface area contributed by atoms with E-state index in [1.54, 1.807) is 25.5 Å². The topological polar surface area (TPSA) is 46.0 Å². The number of aromatic nitrogens is 3. The summed E-state index contributed by atoms with van der Waals surface area (Å²) >= 11 is 6.16. The summed E-state index contributed by atoms with van der Waals surface area (Å²) < 4.78 is 27.3. The molecule has 1 saturated heterocycles. The maximum absolute atomic E-state index is 12.9. The molecule has 8 heteroatoms. The SMILES string of the molecule is Cn1cc(CNC2CCN(c3ncccc3Cl)C2)c(C(F)F)n1. The number of nitrogens with zero attached hydrogens (tertiary/aromatic N) is 4.